The Morgan fingerprint density at radius 2 is 2.25 bits per heavy atom. The van der Waals surface area contributed by atoms with Gasteiger partial charge in [0.2, 0.25) is 0 Å². The molecule has 2 nitrogen and oxygen atoms in total. The van der Waals surface area contributed by atoms with Crippen molar-refractivity contribution < 1.29 is 0 Å². The molecule has 0 saturated heterocycles. The number of hydrogen-bond acceptors (Lipinski definition) is 3. The first-order valence-corrected chi connectivity index (χ1v) is 7.37. The summed E-state index contributed by atoms with van der Waals surface area (Å²) in [5.74, 6) is 0. The summed E-state index contributed by atoms with van der Waals surface area (Å²) in [6, 6.07) is 2.72. The van der Waals surface area contributed by atoms with Crippen LogP contribution >= 0.6 is 27.3 Å². The lowest BCUT2D eigenvalue weighted by molar-refractivity contribution is 0.0302. The number of nitrogens with two attached hydrogens (primary N) is 1. The van der Waals surface area contributed by atoms with Gasteiger partial charge in [0, 0.05) is 20.1 Å². The Hall–Kier alpha value is 0.1000. The van der Waals surface area contributed by atoms with Crippen LogP contribution < -0.4 is 5.73 Å². The third kappa shape index (κ3) is 2.08. The largest absolute Gasteiger partial charge is 0.330 e. The van der Waals surface area contributed by atoms with Crippen molar-refractivity contribution in [2.45, 2.75) is 25.3 Å². The van der Waals surface area contributed by atoms with Crippen LogP contribution in [0, 0.1) is 5.41 Å². The molecular weight excluding hydrogens is 284 g/mol. The molecule has 2 rings (SSSR count). The van der Waals surface area contributed by atoms with Crippen LogP contribution in [0.1, 0.15) is 30.2 Å². The van der Waals surface area contributed by atoms with Gasteiger partial charge >= 0.3 is 0 Å². The Bertz CT molecular complexity index is 352. The van der Waals surface area contributed by atoms with E-state index >= 15 is 0 Å². The summed E-state index contributed by atoms with van der Waals surface area (Å²) in [4.78, 5) is 3.76. The Morgan fingerprint density at radius 1 is 1.56 bits per heavy atom. The van der Waals surface area contributed by atoms with Crippen molar-refractivity contribution in [2.24, 2.45) is 11.1 Å². The van der Waals surface area contributed by atoms with E-state index in [0.29, 0.717) is 11.5 Å². The van der Waals surface area contributed by atoms with E-state index in [9.17, 15) is 0 Å². The summed E-state index contributed by atoms with van der Waals surface area (Å²) < 4.78 is 1.19. The highest BCUT2D eigenvalue weighted by Crippen LogP contribution is 2.52. The van der Waals surface area contributed by atoms with Gasteiger partial charge in [-0.3, -0.25) is 0 Å². The van der Waals surface area contributed by atoms with Crippen LogP contribution in [0.2, 0.25) is 0 Å². The first-order chi connectivity index (χ1) is 7.59. The van der Waals surface area contributed by atoms with Gasteiger partial charge in [-0.05, 0) is 55.5 Å². The molecule has 1 aromatic rings. The van der Waals surface area contributed by atoms with E-state index in [4.69, 9.17) is 5.73 Å². The number of thiophene rings is 1. The van der Waals surface area contributed by atoms with Crippen LogP contribution in [-0.4, -0.2) is 25.5 Å². The monoisotopic (exact) mass is 302 g/mol. The molecule has 0 spiro atoms. The second-order valence-electron chi connectivity index (χ2n) is 4.95. The molecule has 1 saturated carbocycles. The molecule has 1 heterocycles. The number of rotatable bonds is 4. The van der Waals surface area contributed by atoms with Crippen LogP contribution in [0.25, 0.3) is 0 Å². The highest BCUT2D eigenvalue weighted by Gasteiger charge is 2.45. The molecule has 0 aromatic carbocycles. The molecule has 4 heteroatoms. The Morgan fingerprint density at radius 3 is 2.56 bits per heavy atom. The van der Waals surface area contributed by atoms with Gasteiger partial charge in [-0.15, -0.1) is 11.3 Å². The lowest BCUT2D eigenvalue weighted by Gasteiger charge is -2.49. The summed E-state index contributed by atoms with van der Waals surface area (Å²) in [5, 5.41) is 2.16. The Balaban J connectivity index is 2.30. The van der Waals surface area contributed by atoms with Gasteiger partial charge in [-0.2, -0.15) is 0 Å². The van der Waals surface area contributed by atoms with Crippen LogP contribution in [0.15, 0.2) is 15.9 Å². The SMILES string of the molecule is CN(C)C(c1cc(Br)cs1)C1(CN)CCC1. The average molecular weight is 303 g/mol. The van der Waals surface area contributed by atoms with E-state index in [1.54, 1.807) is 0 Å². The molecule has 1 fully saturated rings. The average Bonchev–Trinajstić information content (AvgIpc) is 2.57. The van der Waals surface area contributed by atoms with Gasteiger partial charge in [-0.25, -0.2) is 0 Å². The third-order valence-corrected chi connectivity index (χ3v) is 5.46. The molecule has 0 radical (unpaired) electrons. The summed E-state index contributed by atoms with van der Waals surface area (Å²) >= 11 is 5.37. The topological polar surface area (TPSA) is 29.3 Å². The van der Waals surface area contributed by atoms with Crippen molar-refractivity contribution in [3.05, 3.63) is 20.8 Å². The molecule has 2 N–H and O–H groups in total. The highest BCUT2D eigenvalue weighted by atomic mass is 79.9. The van der Waals surface area contributed by atoms with E-state index in [1.165, 1.54) is 28.6 Å². The smallest absolute Gasteiger partial charge is 0.0504 e. The normalized spacial score (nSPS) is 20.8. The lowest BCUT2D eigenvalue weighted by Crippen LogP contribution is -2.47. The second-order valence-corrected chi connectivity index (χ2v) is 6.81. The minimum atomic E-state index is 0.313. The van der Waals surface area contributed by atoms with Crippen molar-refractivity contribution >= 4 is 27.3 Å². The van der Waals surface area contributed by atoms with Crippen molar-refractivity contribution in [3.63, 3.8) is 0 Å². The van der Waals surface area contributed by atoms with Gasteiger partial charge < -0.3 is 10.6 Å². The zero-order valence-corrected chi connectivity index (χ0v) is 12.3. The van der Waals surface area contributed by atoms with E-state index in [-0.39, 0.29) is 0 Å². The highest BCUT2D eigenvalue weighted by molar-refractivity contribution is 9.10. The van der Waals surface area contributed by atoms with E-state index < -0.39 is 0 Å². The fourth-order valence-corrected chi connectivity index (χ4v) is 4.58. The van der Waals surface area contributed by atoms with Crippen molar-refractivity contribution in [1.82, 2.24) is 4.90 Å². The summed E-state index contributed by atoms with van der Waals surface area (Å²) in [6.07, 6.45) is 3.86. The molecule has 0 aliphatic heterocycles. The van der Waals surface area contributed by atoms with Gasteiger partial charge in [0.05, 0.1) is 6.04 Å². The zero-order valence-electron chi connectivity index (χ0n) is 9.87. The fourth-order valence-electron chi connectivity index (χ4n) is 2.80. The number of hydrogen-bond donors (Lipinski definition) is 1. The maximum absolute atomic E-state index is 6.02. The Kier molecular flexibility index (Phi) is 3.74. The molecular formula is C12H19BrN2S. The summed E-state index contributed by atoms with van der Waals surface area (Å²) in [6.45, 7) is 0.797. The molecule has 90 valence electrons. The van der Waals surface area contributed by atoms with Gasteiger partial charge in [0.1, 0.15) is 0 Å². The minimum Gasteiger partial charge on any atom is -0.330 e. The molecule has 1 aromatic heterocycles. The quantitative estimate of drug-likeness (QED) is 0.925. The molecule has 0 amide bonds. The van der Waals surface area contributed by atoms with Crippen LogP contribution in [0.3, 0.4) is 0 Å². The molecule has 1 aliphatic carbocycles. The van der Waals surface area contributed by atoms with Crippen molar-refractivity contribution in [3.8, 4) is 0 Å². The first kappa shape index (κ1) is 12.6. The zero-order chi connectivity index (χ0) is 11.8. The second kappa shape index (κ2) is 4.77. The summed E-state index contributed by atoms with van der Waals surface area (Å²) in [5.41, 5.74) is 6.33. The first-order valence-electron chi connectivity index (χ1n) is 5.69. The Labute approximate surface area is 110 Å². The van der Waals surface area contributed by atoms with Crippen molar-refractivity contribution in [1.29, 1.82) is 0 Å². The van der Waals surface area contributed by atoms with E-state index in [2.05, 4.69) is 46.4 Å². The number of nitrogens with zero attached hydrogens (tertiary/aromatic N) is 1. The van der Waals surface area contributed by atoms with Gasteiger partial charge in [0.25, 0.3) is 0 Å². The molecule has 1 aliphatic rings. The fraction of sp³-hybridized carbons (Fsp3) is 0.667. The predicted octanol–water partition coefficient (Wildman–Crippen LogP) is 3.24. The number of halogens is 1. The minimum absolute atomic E-state index is 0.313. The van der Waals surface area contributed by atoms with E-state index in [1.807, 2.05) is 11.3 Å². The standard InChI is InChI=1S/C12H19BrN2S/c1-15(2)11(10-6-9(13)7-16-10)12(8-14)4-3-5-12/h6-7,11H,3-5,8,14H2,1-2H3. The van der Waals surface area contributed by atoms with Crippen LogP contribution in [0.4, 0.5) is 0 Å². The van der Waals surface area contributed by atoms with E-state index in [0.717, 1.165) is 6.54 Å². The third-order valence-electron chi connectivity index (χ3n) is 3.71. The van der Waals surface area contributed by atoms with Crippen LogP contribution in [-0.2, 0) is 0 Å². The predicted molar refractivity (Wildman–Crippen MR) is 73.8 cm³/mol. The van der Waals surface area contributed by atoms with Crippen LogP contribution in [0.5, 0.6) is 0 Å². The molecule has 1 atom stereocenters. The lowest BCUT2D eigenvalue weighted by atomic mass is 9.63. The maximum atomic E-state index is 6.02. The molecule has 1 unspecified atom stereocenters. The summed E-state index contributed by atoms with van der Waals surface area (Å²) in [7, 11) is 4.32. The van der Waals surface area contributed by atoms with Gasteiger partial charge in [-0.1, -0.05) is 6.42 Å². The molecule has 0 bridgehead atoms. The maximum Gasteiger partial charge on any atom is 0.0504 e. The molecule has 16 heavy (non-hydrogen) atoms. The van der Waals surface area contributed by atoms with Crippen molar-refractivity contribution in [2.75, 3.05) is 20.6 Å². The van der Waals surface area contributed by atoms with Gasteiger partial charge in [0.15, 0.2) is 0 Å².